The summed E-state index contributed by atoms with van der Waals surface area (Å²) in [4.78, 5) is 11.5. The molecule has 5 nitrogen and oxygen atoms in total. The lowest BCUT2D eigenvalue weighted by Gasteiger charge is -2.08. The molecule has 2 aromatic rings. The molecule has 0 bridgehead atoms. The molecular formula is C14H21N5S. The number of hydrogen-bond donors (Lipinski definition) is 3. The van der Waals surface area contributed by atoms with Gasteiger partial charge in [0.25, 0.3) is 0 Å². The van der Waals surface area contributed by atoms with Gasteiger partial charge in [0.2, 0.25) is 0 Å². The van der Waals surface area contributed by atoms with Crippen molar-refractivity contribution in [2.45, 2.75) is 39.7 Å². The van der Waals surface area contributed by atoms with E-state index in [-0.39, 0.29) is 0 Å². The Hall–Kier alpha value is -1.66. The van der Waals surface area contributed by atoms with E-state index in [2.05, 4.69) is 46.7 Å². The van der Waals surface area contributed by atoms with Gasteiger partial charge in [-0.25, -0.2) is 15.8 Å². The van der Waals surface area contributed by atoms with Crippen molar-refractivity contribution in [3.8, 4) is 0 Å². The van der Waals surface area contributed by atoms with Crippen molar-refractivity contribution in [3.05, 3.63) is 33.8 Å². The molecule has 0 aromatic carbocycles. The second kappa shape index (κ2) is 7.21. The Balaban J connectivity index is 2.05. The van der Waals surface area contributed by atoms with Crippen molar-refractivity contribution in [2.24, 2.45) is 5.84 Å². The molecule has 0 amide bonds. The van der Waals surface area contributed by atoms with Gasteiger partial charge < -0.3 is 10.7 Å². The molecule has 0 unspecified atom stereocenters. The van der Waals surface area contributed by atoms with E-state index < -0.39 is 0 Å². The standard InChI is InChI=1S/C14H21N5S/c1-3-5-12-17-13(8-14(18-12)19-15)16-9-11-7-6-10(4-2)20-11/h6-8H,3-5,9,15H2,1-2H3,(H2,16,17,18,19). The van der Waals surface area contributed by atoms with Gasteiger partial charge >= 0.3 is 0 Å². The average Bonchev–Trinajstić information content (AvgIpc) is 2.93. The predicted molar refractivity (Wildman–Crippen MR) is 84.9 cm³/mol. The molecule has 6 heteroatoms. The highest BCUT2D eigenvalue weighted by Gasteiger charge is 2.04. The van der Waals surface area contributed by atoms with Crippen LogP contribution in [0.3, 0.4) is 0 Å². The Kier molecular flexibility index (Phi) is 5.31. The second-order valence-electron chi connectivity index (χ2n) is 4.52. The summed E-state index contributed by atoms with van der Waals surface area (Å²) in [5, 5.41) is 3.34. The Morgan fingerprint density at radius 3 is 2.55 bits per heavy atom. The second-order valence-corrected chi connectivity index (χ2v) is 5.78. The van der Waals surface area contributed by atoms with E-state index >= 15 is 0 Å². The van der Waals surface area contributed by atoms with Gasteiger partial charge in [-0.3, -0.25) is 0 Å². The van der Waals surface area contributed by atoms with Crippen LogP contribution in [-0.2, 0) is 19.4 Å². The molecule has 0 aliphatic rings. The molecule has 0 saturated heterocycles. The normalized spacial score (nSPS) is 10.6. The number of anilines is 2. The van der Waals surface area contributed by atoms with Gasteiger partial charge in [-0.2, -0.15) is 0 Å². The minimum atomic E-state index is 0.645. The fourth-order valence-corrected chi connectivity index (χ4v) is 2.78. The van der Waals surface area contributed by atoms with Crippen molar-refractivity contribution in [3.63, 3.8) is 0 Å². The lowest BCUT2D eigenvalue weighted by atomic mass is 10.3. The maximum Gasteiger partial charge on any atom is 0.145 e. The first-order chi connectivity index (χ1) is 9.75. The number of nitrogen functional groups attached to an aromatic ring is 1. The summed E-state index contributed by atoms with van der Waals surface area (Å²) in [5.41, 5.74) is 2.59. The molecule has 4 N–H and O–H groups in total. The van der Waals surface area contributed by atoms with Crippen molar-refractivity contribution in [1.29, 1.82) is 0 Å². The first kappa shape index (κ1) is 14.7. The number of rotatable bonds is 7. The summed E-state index contributed by atoms with van der Waals surface area (Å²) in [7, 11) is 0. The third-order valence-corrected chi connectivity index (χ3v) is 4.13. The molecule has 2 rings (SSSR count). The molecule has 0 saturated carbocycles. The average molecular weight is 291 g/mol. The highest BCUT2D eigenvalue weighted by molar-refractivity contribution is 7.12. The third-order valence-electron chi connectivity index (χ3n) is 2.90. The summed E-state index contributed by atoms with van der Waals surface area (Å²) in [6.45, 7) is 5.05. The van der Waals surface area contributed by atoms with Crippen molar-refractivity contribution < 1.29 is 0 Å². The lowest BCUT2D eigenvalue weighted by Crippen LogP contribution is -2.12. The van der Waals surface area contributed by atoms with Gasteiger partial charge in [-0.05, 0) is 25.0 Å². The number of hydrogen-bond acceptors (Lipinski definition) is 6. The fourth-order valence-electron chi connectivity index (χ4n) is 1.88. The number of aryl methyl sites for hydroxylation is 2. The van der Waals surface area contributed by atoms with Crippen LogP contribution in [0.5, 0.6) is 0 Å². The van der Waals surface area contributed by atoms with E-state index in [0.29, 0.717) is 5.82 Å². The minimum absolute atomic E-state index is 0.645. The first-order valence-corrected chi connectivity index (χ1v) is 7.72. The smallest absolute Gasteiger partial charge is 0.145 e. The molecule has 0 atom stereocenters. The highest BCUT2D eigenvalue weighted by Crippen LogP contribution is 2.19. The van der Waals surface area contributed by atoms with Crippen LogP contribution in [0.4, 0.5) is 11.6 Å². The Bertz CT molecular complexity index is 552. The van der Waals surface area contributed by atoms with Crippen molar-refractivity contribution in [1.82, 2.24) is 9.97 Å². The number of nitrogens with two attached hydrogens (primary N) is 1. The minimum Gasteiger partial charge on any atom is -0.365 e. The fraction of sp³-hybridized carbons (Fsp3) is 0.429. The van der Waals surface area contributed by atoms with Gasteiger partial charge in [0.15, 0.2) is 0 Å². The molecule has 108 valence electrons. The number of aromatic nitrogens is 2. The number of nitrogens with zero attached hydrogens (tertiary/aromatic N) is 2. The summed E-state index contributed by atoms with van der Waals surface area (Å²) < 4.78 is 0. The maximum atomic E-state index is 5.45. The van der Waals surface area contributed by atoms with Gasteiger partial charge in [-0.15, -0.1) is 11.3 Å². The third kappa shape index (κ3) is 3.91. The van der Waals surface area contributed by atoms with E-state index in [0.717, 1.165) is 37.4 Å². The van der Waals surface area contributed by atoms with E-state index in [1.54, 1.807) is 0 Å². The predicted octanol–water partition coefficient (Wildman–Crippen LogP) is 2.95. The van der Waals surface area contributed by atoms with Gasteiger partial charge in [0, 0.05) is 22.2 Å². The Morgan fingerprint density at radius 2 is 1.90 bits per heavy atom. The maximum absolute atomic E-state index is 5.45. The molecule has 0 fully saturated rings. The quantitative estimate of drug-likeness (QED) is 0.540. The first-order valence-electron chi connectivity index (χ1n) is 6.91. The van der Waals surface area contributed by atoms with Crippen LogP contribution < -0.4 is 16.6 Å². The monoisotopic (exact) mass is 291 g/mol. The van der Waals surface area contributed by atoms with Crippen LogP contribution >= 0.6 is 11.3 Å². The van der Waals surface area contributed by atoms with Crippen LogP contribution in [0.2, 0.25) is 0 Å². The zero-order valence-corrected chi connectivity index (χ0v) is 12.8. The number of nitrogens with one attached hydrogen (secondary N) is 2. The van der Waals surface area contributed by atoms with Crippen LogP contribution in [0.1, 0.15) is 35.8 Å². The molecule has 2 heterocycles. The molecule has 0 aliphatic carbocycles. The summed E-state index contributed by atoms with van der Waals surface area (Å²) in [6, 6.07) is 6.16. The van der Waals surface area contributed by atoms with Crippen LogP contribution in [0.25, 0.3) is 0 Å². The summed E-state index contributed by atoms with van der Waals surface area (Å²) in [6.07, 6.45) is 2.95. The largest absolute Gasteiger partial charge is 0.365 e. The van der Waals surface area contributed by atoms with Gasteiger partial charge in [-0.1, -0.05) is 13.8 Å². The van der Waals surface area contributed by atoms with Crippen LogP contribution in [0, 0.1) is 0 Å². The van der Waals surface area contributed by atoms with E-state index in [1.807, 2.05) is 17.4 Å². The van der Waals surface area contributed by atoms with Crippen LogP contribution in [0.15, 0.2) is 18.2 Å². The lowest BCUT2D eigenvalue weighted by molar-refractivity contribution is 0.834. The van der Waals surface area contributed by atoms with E-state index in [1.165, 1.54) is 9.75 Å². The van der Waals surface area contributed by atoms with Crippen LogP contribution in [-0.4, -0.2) is 9.97 Å². The van der Waals surface area contributed by atoms with E-state index in [9.17, 15) is 0 Å². The number of hydrazine groups is 1. The molecule has 20 heavy (non-hydrogen) atoms. The number of thiophene rings is 1. The topological polar surface area (TPSA) is 75.9 Å². The van der Waals surface area contributed by atoms with Gasteiger partial charge in [0.1, 0.15) is 17.5 Å². The highest BCUT2D eigenvalue weighted by atomic mass is 32.1. The zero-order chi connectivity index (χ0) is 14.4. The molecule has 0 radical (unpaired) electrons. The summed E-state index contributed by atoms with van der Waals surface area (Å²) >= 11 is 1.83. The van der Waals surface area contributed by atoms with E-state index in [4.69, 9.17) is 5.84 Å². The summed E-state index contributed by atoms with van der Waals surface area (Å²) in [5.74, 6) is 7.71. The van der Waals surface area contributed by atoms with Gasteiger partial charge in [0.05, 0.1) is 6.54 Å². The molecule has 0 spiro atoms. The molecule has 2 aromatic heterocycles. The SMILES string of the molecule is CCCc1nc(NN)cc(NCc2ccc(CC)s2)n1. The van der Waals surface area contributed by atoms with Crippen molar-refractivity contribution in [2.75, 3.05) is 10.7 Å². The molecular weight excluding hydrogens is 270 g/mol. The Morgan fingerprint density at radius 1 is 1.15 bits per heavy atom. The molecule has 0 aliphatic heterocycles. The Labute approximate surface area is 123 Å². The van der Waals surface area contributed by atoms with Crippen molar-refractivity contribution >= 4 is 23.0 Å². The zero-order valence-electron chi connectivity index (χ0n) is 11.9.